The van der Waals surface area contributed by atoms with Gasteiger partial charge < -0.3 is 9.29 Å². The molecule has 0 heterocycles. The van der Waals surface area contributed by atoms with Crippen molar-refractivity contribution >= 4 is 27.8 Å². The number of hydrogen-bond donors (Lipinski definition) is 0. The lowest BCUT2D eigenvalue weighted by molar-refractivity contribution is 0.0374. The zero-order valence-electron chi connectivity index (χ0n) is 19.0. The molecule has 0 amide bonds. The molecule has 0 aliphatic heterocycles. The van der Waals surface area contributed by atoms with Crippen molar-refractivity contribution in [2.45, 2.75) is 52.9 Å². The van der Waals surface area contributed by atoms with Gasteiger partial charge in [0, 0.05) is 0 Å². The zero-order valence-corrected chi connectivity index (χ0v) is 20.7. The third kappa shape index (κ3) is 10.2. The molecule has 3 aromatic carbocycles. The van der Waals surface area contributed by atoms with Crippen LogP contribution in [0, 0.1) is 0 Å². The molecule has 7 heteroatoms. The largest absolute Gasteiger partial charge is 0.748 e. The Hall–Kier alpha value is -2.45. The Kier molecular flexibility index (Phi) is 12.6. The average Bonchev–Trinajstić information content (AvgIpc) is 2.88. The summed E-state index contributed by atoms with van der Waals surface area (Å²) >= 11 is 0. The first-order valence-corrected chi connectivity index (χ1v) is 14.0. The number of rotatable bonds is 7. The first-order valence-electron chi connectivity index (χ1n) is 11.2. The predicted molar refractivity (Wildman–Crippen MR) is 135 cm³/mol. The van der Waals surface area contributed by atoms with Crippen LogP contribution in [0.25, 0.3) is 0 Å². The third-order valence-corrected chi connectivity index (χ3v) is 8.07. The first-order chi connectivity index (χ1) is 16.5. The van der Waals surface area contributed by atoms with Crippen molar-refractivity contribution in [2.75, 3.05) is 12.4 Å². The fraction of sp³-hybridized carbons (Fsp3) is 0.296. The molecule has 0 bridgehead atoms. The highest BCUT2D eigenvalue weighted by atomic mass is 32.2. The van der Waals surface area contributed by atoms with E-state index in [0.29, 0.717) is 0 Å². The van der Waals surface area contributed by atoms with Gasteiger partial charge >= 0.3 is 0 Å². The monoisotopic (exact) mass is 498 g/mol. The summed E-state index contributed by atoms with van der Waals surface area (Å²) in [5, 5.41) is 0. The normalized spacial score (nSPS) is 13.8. The van der Waals surface area contributed by atoms with E-state index in [1.54, 1.807) is 0 Å². The summed E-state index contributed by atoms with van der Waals surface area (Å²) in [5.74, 6) is -0.399. The Morgan fingerprint density at radius 1 is 0.735 bits per heavy atom. The standard InChI is InChI=1S/C18H15S.C8H16O4S.CO/c1-4-10-16(11-5-1)19(17-12-6-2-7-13-17)18-14-8-3-9-15-18;9-13(10,11)7-6-12-8-4-2-1-3-5-8;1-2/h1-15H;8H,1-7H2,(H,9,10,11);/q+1;;/p-1. The second kappa shape index (κ2) is 15.5. The fourth-order valence-electron chi connectivity index (χ4n) is 3.63. The van der Waals surface area contributed by atoms with E-state index in [1.165, 1.54) is 21.1 Å². The van der Waals surface area contributed by atoms with Crippen molar-refractivity contribution in [3.63, 3.8) is 0 Å². The van der Waals surface area contributed by atoms with Crippen LogP contribution < -0.4 is 0 Å². The number of hydrogen-bond acceptors (Lipinski definition) is 5. The van der Waals surface area contributed by atoms with Gasteiger partial charge in [0.15, 0.2) is 14.7 Å². The summed E-state index contributed by atoms with van der Waals surface area (Å²) in [6.07, 6.45) is 5.71. The van der Waals surface area contributed by atoms with Gasteiger partial charge in [0.25, 0.3) is 6.79 Å². The van der Waals surface area contributed by atoms with Gasteiger partial charge in [0.2, 0.25) is 0 Å². The first kappa shape index (κ1) is 27.8. The lowest BCUT2D eigenvalue weighted by Crippen LogP contribution is -2.20. The molecule has 1 aliphatic carbocycles. The lowest BCUT2D eigenvalue weighted by Gasteiger charge is -2.22. The molecule has 0 atom stereocenters. The van der Waals surface area contributed by atoms with Crippen LogP contribution in [-0.2, 0) is 30.5 Å². The molecule has 0 saturated heterocycles. The van der Waals surface area contributed by atoms with Crippen LogP contribution in [0.15, 0.2) is 106 Å². The van der Waals surface area contributed by atoms with Crippen molar-refractivity contribution in [1.82, 2.24) is 0 Å². The van der Waals surface area contributed by atoms with Gasteiger partial charge in [-0.2, -0.15) is 0 Å². The average molecular weight is 499 g/mol. The van der Waals surface area contributed by atoms with Crippen molar-refractivity contribution < 1.29 is 22.5 Å². The van der Waals surface area contributed by atoms with E-state index >= 15 is 0 Å². The predicted octanol–water partition coefficient (Wildman–Crippen LogP) is 5.27. The molecule has 0 N–H and O–H groups in total. The Morgan fingerprint density at radius 3 is 1.47 bits per heavy atom. The molecule has 4 rings (SSSR count). The Labute approximate surface area is 206 Å². The minimum atomic E-state index is -4.10. The van der Waals surface area contributed by atoms with E-state index < -0.39 is 15.9 Å². The van der Waals surface area contributed by atoms with Crippen LogP contribution in [-0.4, -0.2) is 38.2 Å². The summed E-state index contributed by atoms with van der Waals surface area (Å²) in [4.78, 5) is 11.6. The molecule has 5 nitrogen and oxygen atoms in total. The topological polar surface area (TPSA) is 83.5 Å². The fourth-order valence-corrected chi connectivity index (χ4v) is 6.03. The van der Waals surface area contributed by atoms with Crippen molar-refractivity contribution in [3.8, 4) is 0 Å². The molecule has 2 radical (unpaired) electrons. The summed E-state index contributed by atoms with van der Waals surface area (Å²) in [5.41, 5.74) is 0. The van der Waals surface area contributed by atoms with Crippen molar-refractivity contribution in [3.05, 3.63) is 91.0 Å². The van der Waals surface area contributed by atoms with Gasteiger partial charge in [-0.1, -0.05) is 73.9 Å². The van der Waals surface area contributed by atoms with Gasteiger partial charge in [-0.15, -0.1) is 0 Å². The molecule has 0 spiro atoms. The maximum absolute atomic E-state index is 10.2. The summed E-state index contributed by atoms with van der Waals surface area (Å²) in [6, 6.07) is 32.2. The molecule has 1 fully saturated rings. The van der Waals surface area contributed by atoms with E-state index in [2.05, 4.69) is 97.8 Å². The molecular formula is C27H30O5S2. The van der Waals surface area contributed by atoms with Crippen LogP contribution in [0.4, 0.5) is 0 Å². The van der Waals surface area contributed by atoms with Crippen LogP contribution >= 0.6 is 0 Å². The third-order valence-electron chi connectivity index (χ3n) is 5.18. The van der Waals surface area contributed by atoms with Crippen molar-refractivity contribution in [1.29, 1.82) is 0 Å². The van der Waals surface area contributed by atoms with Crippen LogP contribution in [0.2, 0.25) is 0 Å². The highest BCUT2D eigenvalue weighted by Crippen LogP contribution is 2.30. The van der Waals surface area contributed by atoms with E-state index in [1.807, 2.05) is 0 Å². The highest BCUT2D eigenvalue weighted by Gasteiger charge is 2.27. The summed E-state index contributed by atoms with van der Waals surface area (Å²) in [7, 11) is -4.11. The summed E-state index contributed by atoms with van der Waals surface area (Å²) < 4.78 is 36.0. The maximum atomic E-state index is 10.2. The van der Waals surface area contributed by atoms with E-state index in [9.17, 15) is 13.0 Å². The van der Waals surface area contributed by atoms with Crippen LogP contribution in [0.3, 0.4) is 0 Å². The van der Waals surface area contributed by atoms with Gasteiger partial charge in [-0.25, -0.2) is 8.42 Å². The van der Waals surface area contributed by atoms with Crippen LogP contribution in [0.1, 0.15) is 32.1 Å². The van der Waals surface area contributed by atoms with Crippen LogP contribution in [0.5, 0.6) is 0 Å². The van der Waals surface area contributed by atoms with E-state index in [-0.39, 0.29) is 23.6 Å². The van der Waals surface area contributed by atoms with Gasteiger partial charge in [0.1, 0.15) is 0 Å². The second-order valence-electron chi connectivity index (χ2n) is 7.64. The quantitative estimate of drug-likeness (QED) is 0.327. The molecular weight excluding hydrogens is 468 g/mol. The summed E-state index contributed by atoms with van der Waals surface area (Å²) in [6.45, 7) is 4.55. The minimum absolute atomic E-state index is 0.0146. The van der Waals surface area contributed by atoms with Gasteiger partial charge in [0.05, 0.1) is 39.5 Å². The second-order valence-corrected chi connectivity index (χ2v) is 11.2. The molecule has 1 aliphatic rings. The smallest absolute Gasteiger partial charge is 0.281 e. The van der Waals surface area contributed by atoms with E-state index in [4.69, 9.17) is 9.53 Å². The molecule has 3 aromatic rings. The molecule has 180 valence electrons. The Bertz CT molecular complexity index is 928. The van der Waals surface area contributed by atoms with Gasteiger partial charge in [-0.05, 0) is 49.2 Å². The Morgan fingerprint density at radius 2 is 1.12 bits per heavy atom. The maximum Gasteiger partial charge on any atom is 0.281 e. The Balaban J connectivity index is 0.000000239. The van der Waals surface area contributed by atoms with Gasteiger partial charge in [-0.3, -0.25) is 4.79 Å². The molecule has 0 aromatic heterocycles. The molecule has 0 unspecified atom stereocenters. The molecule has 1 saturated carbocycles. The SMILES string of the molecule is O=S(=O)([O-])CCOC1CCCCC1.[C]=O.c1ccc([S+](c2ccccc2)c2ccccc2)cc1. The molecule has 34 heavy (non-hydrogen) atoms. The number of carbonyl (C=O) groups excluding carboxylic acids is 1. The zero-order chi connectivity index (χ0) is 24.7. The van der Waals surface area contributed by atoms with Crippen molar-refractivity contribution in [2.24, 2.45) is 0 Å². The highest BCUT2D eigenvalue weighted by molar-refractivity contribution is 7.97. The number of ether oxygens (including phenoxy) is 1. The minimum Gasteiger partial charge on any atom is -0.748 e. The number of benzene rings is 3. The lowest BCUT2D eigenvalue weighted by atomic mass is 9.98. The van der Waals surface area contributed by atoms with E-state index in [0.717, 1.165) is 25.7 Å².